The van der Waals surface area contributed by atoms with Crippen molar-refractivity contribution in [3.05, 3.63) is 59.7 Å². The van der Waals surface area contributed by atoms with E-state index in [1.54, 1.807) is 19.1 Å². The van der Waals surface area contributed by atoms with E-state index in [1.165, 1.54) is 5.56 Å². The van der Waals surface area contributed by atoms with Crippen LogP contribution < -0.4 is 38.1 Å². The Morgan fingerprint density at radius 2 is 1.35 bits per heavy atom. The third kappa shape index (κ3) is 11.1. The van der Waals surface area contributed by atoms with Gasteiger partial charge in [0.25, 0.3) is 5.91 Å². The van der Waals surface area contributed by atoms with E-state index in [9.17, 15) is 24.0 Å². The summed E-state index contributed by atoms with van der Waals surface area (Å²) in [4.78, 5) is 68.3. The number of benzene rings is 2. The molecule has 63 heavy (non-hydrogen) atoms. The highest BCUT2D eigenvalue weighted by molar-refractivity contribution is 6.47. The van der Waals surface area contributed by atoms with Crippen LogP contribution in [0.3, 0.4) is 0 Å². The van der Waals surface area contributed by atoms with Crippen LogP contribution in [0.25, 0.3) is 11.1 Å². The average Bonchev–Trinajstić information content (AvgIpc) is 3.96. The van der Waals surface area contributed by atoms with E-state index < -0.39 is 66.0 Å². The van der Waals surface area contributed by atoms with E-state index in [0.29, 0.717) is 81.9 Å². The predicted molar refractivity (Wildman–Crippen MR) is 245 cm³/mol. The summed E-state index contributed by atoms with van der Waals surface area (Å²) in [5.74, 6) is -1.81. The number of amides is 5. The third-order valence-corrected chi connectivity index (χ3v) is 14.4. The molecule has 2 aromatic rings. The minimum absolute atomic E-state index is 0.0315. The van der Waals surface area contributed by atoms with Gasteiger partial charge in [-0.3, -0.25) is 24.0 Å². The van der Waals surface area contributed by atoms with Crippen LogP contribution >= 0.6 is 0 Å². The highest BCUT2D eigenvalue weighted by Crippen LogP contribution is 2.65. The maximum Gasteiger partial charge on any atom is 0.481 e. The van der Waals surface area contributed by atoms with E-state index in [2.05, 4.69) is 78.5 Å². The van der Waals surface area contributed by atoms with Crippen molar-refractivity contribution in [2.75, 3.05) is 13.1 Å². The zero-order valence-corrected chi connectivity index (χ0v) is 38.4. The SMILES string of the molecule is CCCCc1ccc(-c2ccc(C(=O)N[C@@H](CCCCN)C(=O)NC3(C(=O)N[C@@H](C)C(=O)N[C@@H](CCCCN)C(=O)N[C@@H](C)B4OC5C[C@@H]6C[C@@H](C6(C)C)[C@]5(C)O4)CC3)cc2)cc1. The molecule has 14 nitrogen and oxygen atoms in total. The van der Waals surface area contributed by atoms with Gasteiger partial charge >= 0.3 is 7.12 Å². The Hall–Kier alpha value is -4.31. The lowest BCUT2D eigenvalue weighted by molar-refractivity contribution is -0.199. The fourth-order valence-corrected chi connectivity index (χ4v) is 9.88. The molecule has 7 rings (SSSR count). The first-order valence-electron chi connectivity index (χ1n) is 23.5. The molecule has 4 aliphatic carbocycles. The Morgan fingerprint density at radius 3 is 1.92 bits per heavy atom. The van der Waals surface area contributed by atoms with Gasteiger partial charge in [0.2, 0.25) is 23.6 Å². The van der Waals surface area contributed by atoms with Gasteiger partial charge in [-0.05, 0) is 157 Å². The van der Waals surface area contributed by atoms with Crippen LogP contribution in [0.2, 0.25) is 0 Å². The smallest absolute Gasteiger partial charge is 0.404 e. The molecule has 1 saturated heterocycles. The second kappa shape index (κ2) is 20.7. The third-order valence-electron chi connectivity index (χ3n) is 14.4. The van der Waals surface area contributed by atoms with Crippen LogP contribution in [0.1, 0.15) is 135 Å². The number of rotatable bonds is 23. The number of nitrogens with two attached hydrogens (primary N) is 2. The highest BCUT2D eigenvalue weighted by Gasteiger charge is 2.68. The highest BCUT2D eigenvalue weighted by atomic mass is 16.7. The molecular weight excluding hydrogens is 797 g/mol. The summed E-state index contributed by atoms with van der Waals surface area (Å²) in [5.41, 5.74) is 13.8. The van der Waals surface area contributed by atoms with Crippen molar-refractivity contribution in [1.82, 2.24) is 26.6 Å². The summed E-state index contributed by atoms with van der Waals surface area (Å²) in [6, 6.07) is 12.9. The number of hydrogen-bond donors (Lipinski definition) is 7. The molecule has 344 valence electrons. The lowest BCUT2D eigenvalue weighted by atomic mass is 9.43. The second-order valence-electron chi connectivity index (χ2n) is 19.4. The fraction of sp³-hybridized carbons (Fsp3) is 0.646. The number of aryl methyl sites for hydroxylation is 1. The summed E-state index contributed by atoms with van der Waals surface area (Å²) >= 11 is 0. The van der Waals surface area contributed by atoms with E-state index in [4.69, 9.17) is 20.8 Å². The topological polar surface area (TPSA) is 216 Å². The quantitative estimate of drug-likeness (QED) is 0.0619. The number of hydrogen-bond acceptors (Lipinski definition) is 9. The Labute approximate surface area is 374 Å². The molecule has 2 aromatic carbocycles. The maximum atomic E-state index is 13.8. The number of carbonyl (C=O) groups excluding carboxylic acids is 5. The molecule has 2 bridgehead atoms. The van der Waals surface area contributed by atoms with Gasteiger partial charge in [0, 0.05) is 5.56 Å². The number of unbranched alkanes of at least 4 members (excludes halogenated alkanes) is 3. The monoisotopic (exact) mass is 870 g/mol. The normalized spacial score (nSPS) is 24.4. The molecule has 0 radical (unpaired) electrons. The zero-order valence-electron chi connectivity index (χ0n) is 38.4. The average molecular weight is 870 g/mol. The van der Waals surface area contributed by atoms with Crippen molar-refractivity contribution >= 4 is 36.7 Å². The van der Waals surface area contributed by atoms with E-state index >= 15 is 0 Å². The van der Waals surface area contributed by atoms with Crippen molar-refractivity contribution in [1.29, 1.82) is 0 Å². The van der Waals surface area contributed by atoms with Crippen LogP contribution in [0.4, 0.5) is 0 Å². The van der Waals surface area contributed by atoms with Crippen LogP contribution in [-0.2, 0) is 34.9 Å². The molecule has 1 aliphatic heterocycles. The Kier molecular flexibility index (Phi) is 15.8. The molecule has 9 N–H and O–H groups in total. The minimum atomic E-state index is -1.23. The van der Waals surface area contributed by atoms with Crippen molar-refractivity contribution in [2.45, 2.75) is 166 Å². The van der Waals surface area contributed by atoms with Gasteiger partial charge < -0.3 is 47.4 Å². The molecule has 5 aliphatic rings. The Morgan fingerprint density at radius 1 is 0.746 bits per heavy atom. The van der Waals surface area contributed by atoms with Gasteiger partial charge in [-0.15, -0.1) is 0 Å². The fourth-order valence-electron chi connectivity index (χ4n) is 9.88. The Balaban J connectivity index is 1.02. The van der Waals surface area contributed by atoms with Crippen LogP contribution in [-0.4, -0.2) is 91.1 Å². The summed E-state index contributed by atoms with van der Waals surface area (Å²) in [7, 11) is -0.619. The standard InChI is InChI=1S/C48H72BN7O7/c1-7-8-13-32-16-18-33(19-17-32)34-20-22-35(23-21-34)42(58)55-38(15-10-12-27-51)44(60)56-48(24-25-48)45(61)52-30(2)41(57)54-37(14-9-11-26-50)43(59)53-31(3)49-62-40-29-36-28-39(46(36,4)5)47(40,6)63-49/h16-23,30-31,36-40H,7-15,24-29,50-51H2,1-6H3,(H,52,61)(H,53,59)(H,54,57)(H,55,58)(H,56,60)/t30-,31-,36-,37-,38-,39-,40?,47-/m0/s1. The number of nitrogens with one attached hydrogen (secondary N) is 5. The van der Waals surface area contributed by atoms with Crippen molar-refractivity contribution < 1.29 is 33.3 Å². The summed E-state index contributed by atoms with van der Waals surface area (Å²) in [6.07, 6.45) is 9.31. The molecule has 1 unspecified atom stereocenters. The summed E-state index contributed by atoms with van der Waals surface area (Å²) < 4.78 is 13.0. The Bertz CT molecular complexity index is 1930. The summed E-state index contributed by atoms with van der Waals surface area (Å²) in [5, 5.41) is 14.4. The molecule has 8 atom stereocenters. The zero-order chi connectivity index (χ0) is 45.5. The van der Waals surface area contributed by atoms with E-state index in [1.807, 2.05) is 19.1 Å². The van der Waals surface area contributed by atoms with E-state index in [-0.39, 0.29) is 17.4 Å². The molecule has 0 aromatic heterocycles. The van der Waals surface area contributed by atoms with Crippen LogP contribution in [0, 0.1) is 17.3 Å². The minimum Gasteiger partial charge on any atom is -0.404 e. The first-order valence-corrected chi connectivity index (χ1v) is 23.5. The van der Waals surface area contributed by atoms with Crippen LogP contribution in [0.15, 0.2) is 48.5 Å². The first kappa shape index (κ1) is 48.2. The predicted octanol–water partition coefficient (Wildman–Crippen LogP) is 4.46. The van der Waals surface area contributed by atoms with Gasteiger partial charge in [-0.25, -0.2) is 0 Å². The van der Waals surface area contributed by atoms with Crippen LogP contribution in [0.5, 0.6) is 0 Å². The molecule has 1 heterocycles. The molecule has 5 amide bonds. The lowest BCUT2D eigenvalue weighted by Crippen LogP contribution is -2.65. The second-order valence-corrected chi connectivity index (χ2v) is 19.4. The maximum absolute atomic E-state index is 13.8. The largest absolute Gasteiger partial charge is 0.481 e. The molecule has 5 fully saturated rings. The van der Waals surface area contributed by atoms with Gasteiger partial charge in [-0.2, -0.15) is 0 Å². The number of carbonyl (C=O) groups is 5. The molecule has 0 spiro atoms. The van der Waals surface area contributed by atoms with Gasteiger partial charge in [0.1, 0.15) is 23.7 Å². The van der Waals surface area contributed by atoms with Crippen molar-refractivity contribution in [3.63, 3.8) is 0 Å². The van der Waals surface area contributed by atoms with E-state index in [0.717, 1.165) is 43.2 Å². The van der Waals surface area contributed by atoms with Gasteiger partial charge in [0.05, 0.1) is 17.6 Å². The molecular formula is C48H72BN7O7. The first-order chi connectivity index (χ1) is 30.0. The van der Waals surface area contributed by atoms with Gasteiger partial charge in [-0.1, -0.05) is 63.6 Å². The van der Waals surface area contributed by atoms with Crippen molar-refractivity contribution in [3.8, 4) is 11.1 Å². The molecule has 15 heteroatoms. The lowest BCUT2D eigenvalue weighted by Gasteiger charge is -2.64. The van der Waals surface area contributed by atoms with Gasteiger partial charge in [0.15, 0.2) is 0 Å². The van der Waals surface area contributed by atoms with Crippen molar-refractivity contribution in [2.24, 2.45) is 28.7 Å². The molecule has 4 saturated carbocycles. The summed E-state index contributed by atoms with van der Waals surface area (Å²) in [6.45, 7) is 13.2.